The van der Waals surface area contributed by atoms with Crippen molar-refractivity contribution in [2.75, 3.05) is 16.8 Å². The van der Waals surface area contributed by atoms with Crippen molar-refractivity contribution in [3.05, 3.63) is 72.3 Å². The van der Waals surface area contributed by atoms with Crippen LogP contribution in [0.4, 0.5) is 11.4 Å². The molecular formula is C22H19N3O3. The lowest BCUT2D eigenvalue weighted by Crippen LogP contribution is -2.28. The van der Waals surface area contributed by atoms with Gasteiger partial charge in [-0.2, -0.15) is 0 Å². The second-order valence-corrected chi connectivity index (χ2v) is 6.84. The number of nitrogens with one attached hydrogen (secondary N) is 1. The number of nitrogens with two attached hydrogens (primary N) is 1. The van der Waals surface area contributed by atoms with Gasteiger partial charge in [0.05, 0.1) is 11.6 Å². The lowest BCUT2D eigenvalue weighted by Gasteiger charge is -2.19. The molecule has 0 spiro atoms. The molecule has 0 aromatic heterocycles. The molecule has 3 N–H and O–H groups in total. The molecule has 3 aromatic carbocycles. The predicted molar refractivity (Wildman–Crippen MR) is 108 cm³/mol. The Kier molecular flexibility index (Phi) is 4.53. The molecule has 1 fully saturated rings. The van der Waals surface area contributed by atoms with Gasteiger partial charge in [0.2, 0.25) is 17.7 Å². The van der Waals surface area contributed by atoms with Crippen LogP contribution >= 0.6 is 0 Å². The van der Waals surface area contributed by atoms with Gasteiger partial charge >= 0.3 is 0 Å². The highest BCUT2D eigenvalue weighted by atomic mass is 16.2. The summed E-state index contributed by atoms with van der Waals surface area (Å²) < 4.78 is 0. The number of fused-ring (bicyclic) bond motifs is 1. The quantitative estimate of drug-likeness (QED) is 0.736. The van der Waals surface area contributed by atoms with Crippen molar-refractivity contribution in [1.29, 1.82) is 0 Å². The maximum absolute atomic E-state index is 12.7. The molecule has 6 heteroatoms. The van der Waals surface area contributed by atoms with Gasteiger partial charge in [-0.3, -0.25) is 14.4 Å². The van der Waals surface area contributed by atoms with E-state index in [2.05, 4.69) is 5.32 Å². The van der Waals surface area contributed by atoms with Gasteiger partial charge in [0.25, 0.3) is 0 Å². The molecule has 140 valence electrons. The Morgan fingerprint density at radius 1 is 1.00 bits per heavy atom. The van der Waals surface area contributed by atoms with E-state index in [0.29, 0.717) is 17.8 Å². The summed E-state index contributed by atoms with van der Waals surface area (Å²) in [5, 5.41) is 4.81. The van der Waals surface area contributed by atoms with E-state index in [0.717, 1.165) is 16.5 Å². The zero-order chi connectivity index (χ0) is 19.7. The minimum atomic E-state index is -0.561. The van der Waals surface area contributed by atoms with Gasteiger partial charge < -0.3 is 16.0 Å². The minimum absolute atomic E-state index is 0.0811. The Hall–Kier alpha value is -3.67. The molecule has 28 heavy (non-hydrogen) atoms. The molecule has 4 rings (SSSR count). The SMILES string of the molecule is NC(=O)c1cccc(NC(=O)C2CC(=O)N(c3cccc4ccccc34)C2)c1. The maximum atomic E-state index is 12.7. The van der Waals surface area contributed by atoms with E-state index in [1.54, 1.807) is 23.1 Å². The van der Waals surface area contributed by atoms with Crippen molar-refractivity contribution in [2.24, 2.45) is 11.7 Å². The second kappa shape index (κ2) is 7.15. The van der Waals surface area contributed by atoms with E-state index in [-0.39, 0.29) is 18.2 Å². The van der Waals surface area contributed by atoms with Gasteiger partial charge in [-0.05, 0) is 29.7 Å². The third kappa shape index (κ3) is 3.32. The third-order valence-electron chi connectivity index (χ3n) is 4.97. The van der Waals surface area contributed by atoms with Gasteiger partial charge in [-0.1, -0.05) is 42.5 Å². The summed E-state index contributed by atoms with van der Waals surface area (Å²) in [5.74, 6) is -1.36. The normalized spacial score (nSPS) is 16.4. The van der Waals surface area contributed by atoms with E-state index in [4.69, 9.17) is 5.73 Å². The van der Waals surface area contributed by atoms with E-state index in [9.17, 15) is 14.4 Å². The monoisotopic (exact) mass is 373 g/mol. The summed E-state index contributed by atoms with van der Waals surface area (Å²) >= 11 is 0. The Morgan fingerprint density at radius 3 is 2.57 bits per heavy atom. The van der Waals surface area contributed by atoms with Gasteiger partial charge in [0.15, 0.2) is 0 Å². The lowest BCUT2D eigenvalue weighted by atomic mass is 10.1. The molecule has 1 unspecified atom stereocenters. The van der Waals surface area contributed by atoms with Crippen LogP contribution in [0.2, 0.25) is 0 Å². The molecule has 0 radical (unpaired) electrons. The molecular weight excluding hydrogens is 354 g/mol. The first-order valence-corrected chi connectivity index (χ1v) is 9.02. The highest BCUT2D eigenvalue weighted by Crippen LogP contribution is 2.32. The Labute approximate surface area is 161 Å². The van der Waals surface area contributed by atoms with Crippen molar-refractivity contribution in [3.8, 4) is 0 Å². The van der Waals surface area contributed by atoms with Crippen molar-refractivity contribution in [1.82, 2.24) is 0 Å². The summed E-state index contributed by atoms with van der Waals surface area (Å²) in [4.78, 5) is 38.3. The van der Waals surface area contributed by atoms with Gasteiger partial charge in [0, 0.05) is 29.6 Å². The zero-order valence-corrected chi connectivity index (χ0v) is 15.1. The van der Waals surface area contributed by atoms with Crippen LogP contribution < -0.4 is 16.0 Å². The summed E-state index contributed by atoms with van der Waals surface area (Å²) in [6.45, 7) is 0.314. The zero-order valence-electron chi connectivity index (χ0n) is 15.1. The van der Waals surface area contributed by atoms with Crippen molar-refractivity contribution in [2.45, 2.75) is 6.42 Å². The maximum Gasteiger partial charge on any atom is 0.248 e. The summed E-state index contributed by atoms with van der Waals surface area (Å²) in [6.07, 6.45) is 0.143. The molecule has 3 aromatic rings. The summed E-state index contributed by atoms with van der Waals surface area (Å²) in [5.41, 5.74) is 6.89. The van der Waals surface area contributed by atoms with Crippen LogP contribution in [0.15, 0.2) is 66.7 Å². The number of rotatable bonds is 4. The minimum Gasteiger partial charge on any atom is -0.366 e. The highest BCUT2D eigenvalue weighted by Gasteiger charge is 2.35. The van der Waals surface area contributed by atoms with E-state index in [1.165, 1.54) is 6.07 Å². The average Bonchev–Trinajstić information content (AvgIpc) is 3.09. The number of hydrogen-bond acceptors (Lipinski definition) is 3. The summed E-state index contributed by atoms with van der Waals surface area (Å²) in [7, 11) is 0. The standard InChI is InChI=1S/C22H19N3O3/c23-21(27)15-7-3-8-17(11-15)24-22(28)16-12-20(26)25(13-16)19-10-4-6-14-5-1-2-9-18(14)19/h1-11,16H,12-13H2,(H2,23,27)(H,24,28). The fourth-order valence-electron chi connectivity index (χ4n) is 3.55. The number of benzene rings is 3. The lowest BCUT2D eigenvalue weighted by molar-refractivity contribution is -0.122. The third-order valence-corrected chi connectivity index (χ3v) is 4.97. The Bertz CT molecular complexity index is 1090. The summed E-state index contributed by atoms with van der Waals surface area (Å²) in [6, 6.07) is 20.1. The van der Waals surface area contributed by atoms with Crippen LogP contribution in [0, 0.1) is 5.92 Å². The van der Waals surface area contributed by atoms with Crippen molar-refractivity contribution < 1.29 is 14.4 Å². The first kappa shape index (κ1) is 17.7. The molecule has 6 nitrogen and oxygen atoms in total. The first-order valence-electron chi connectivity index (χ1n) is 9.02. The fraction of sp³-hybridized carbons (Fsp3) is 0.136. The molecule has 1 aliphatic rings. The van der Waals surface area contributed by atoms with Crippen LogP contribution in [0.25, 0.3) is 10.8 Å². The largest absolute Gasteiger partial charge is 0.366 e. The Morgan fingerprint density at radius 2 is 1.75 bits per heavy atom. The molecule has 1 heterocycles. The highest BCUT2D eigenvalue weighted by molar-refractivity contribution is 6.08. The number of anilines is 2. The van der Waals surface area contributed by atoms with E-state index in [1.807, 2.05) is 42.5 Å². The molecule has 3 amide bonds. The van der Waals surface area contributed by atoms with Crippen molar-refractivity contribution in [3.63, 3.8) is 0 Å². The van der Waals surface area contributed by atoms with E-state index < -0.39 is 11.8 Å². The number of primary amides is 1. The van der Waals surface area contributed by atoms with Gasteiger partial charge in [-0.25, -0.2) is 0 Å². The molecule has 0 saturated carbocycles. The molecule has 1 atom stereocenters. The van der Waals surface area contributed by atoms with Crippen LogP contribution in [-0.4, -0.2) is 24.3 Å². The van der Waals surface area contributed by atoms with Crippen LogP contribution in [0.5, 0.6) is 0 Å². The number of carbonyl (C=O) groups is 3. The Balaban J connectivity index is 1.54. The predicted octanol–water partition coefficient (Wildman–Crippen LogP) is 2.93. The number of carbonyl (C=O) groups excluding carboxylic acids is 3. The van der Waals surface area contributed by atoms with Gasteiger partial charge in [-0.15, -0.1) is 0 Å². The van der Waals surface area contributed by atoms with E-state index >= 15 is 0 Å². The van der Waals surface area contributed by atoms with Crippen LogP contribution in [0.1, 0.15) is 16.8 Å². The van der Waals surface area contributed by atoms with Crippen LogP contribution in [-0.2, 0) is 9.59 Å². The van der Waals surface area contributed by atoms with Crippen LogP contribution in [0.3, 0.4) is 0 Å². The topological polar surface area (TPSA) is 92.5 Å². The second-order valence-electron chi connectivity index (χ2n) is 6.84. The first-order chi connectivity index (χ1) is 13.5. The smallest absolute Gasteiger partial charge is 0.248 e. The molecule has 1 aliphatic heterocycles. The molecule has 1 saturated heterocycles. The van der Waals surface area contributed by atoms with Gasteiger partial charge in [0.1, 0.15) is 0 Å². The average molecular weight is 373 g/mol. The number of hydrogen-bond donors (Lipinski definition) is 2. The molecule has 0 aliphatic carbocycles. The number of nitrogens with zero attached hydrogens (tertiary/aromatic N) is 1. The van der Waals surface area contributed by atoms with Crippen molar-refractivity contribution >= 4 is 39.9 Å². The number of amides is 3. The molecule has 0 bridgehead atoms. The fourth-order valence-corrected chi connectivity index (χ4v) is 3.55.